The number of carbonyl (C=O) groups is 1. The smallest absolute Gasteiger partial charge is 0.410 e. The molecule has 0 N–H and O–H groups in total. The van der Waals surface area contributed by atoms with Gasteiger partial charge in [-0.15, -0.1) is 0 Å². The minimum Gasteiger partial charge on any atom is -0.444 e. The second-order valence-electron chi connectivity index (χ2n) is 7.81. The molecule has 1 aromatic rings. The van der Waals surface area contributed by atoms with Gasteiger partial charge in [-0.05, 0) is 46.8 Å². The molecule has 1 amide bonds. The number of nitrogens with zero attached hydrogens (tertiary/aromatic N) is 1. The van der Waals surface area contributed by atoms with Gasteiger partial charge < -0.3 is 14.4 Å². The minimum absolute atomic E-state index is 0.0727. The average Bonchev–Trinajstić information content (AvgIpc) is 2.74. The molecular formula is C19H29NO6S. The van der Waals surface area contributed by atoms with Crippen LogP contribution in [0.5, 0.6) is 0 Å². The van der Waals surface area contributed by atoms with Crippen LogP contribution in [0.1, 0.15) is 33.3 Å². The molecule has 0 aromatic heterocycles. The lowest BCUT2D eigenvalue weighted by Gasteiger charge is -2.28. The van der Waals surface area contributed by atoms with Crippen molar-refractivity contribution in [2.45, 2.75) is 51.2 Å². The van der Waals surface area contributed by atoms with Crippen LogP contribution in [0.4, 0.5) is 4.79 Å². The van der Waals surface area contributed by atoms with E-state index in [0.29, 0.717) is 19.7 Å². The molecule has 152 valence electrons. The van der Waals surface area contributed by atoms with Gasteiger partial charge in [0, 0.05) is 19.0 Å². The summed E-state index contributed by atoms with van der Waals surface area (Å²) in [5.41, 5.74) is 0.365. The molecule has 0 aliphatic carbocycles. The molecule has 1 aliphatic heterocycles. The molecule has 27 heavy (non-hydrogen) atoms. The Morgan fingerprint density at radius 2 is 1.89 bits per heavy atom. The summed E-state index contributed by atoms with van der Waals surface area (Å²) in [5, 5.41) is 0. The molecule has 0 bridgehead atoms. The predicted molar refractivity (Wildman–Crippen MR) is 101 cm³/mol. The molecule has 1 saturated heterocycles. The fourth-order valence-corrected chi connectivity index (χ4v) is 3.60. The van der Waals surface area contributed by atoms with Gasteiger partial charge in [0.15, 0.2) is 0 Å². The fourth-order valence-electron chi connectivity index (χ4n) is 2.64. The molecule has 2 atom stereocenters. The Morgan fingerprint density at radius 1 is 1.26 bits per heavy atom. The molecule has 1 aliphatic rings. The number of amides is 1. The van der Waals surface area contributed by atoms with Crippen molar-refractivity contribution in [3.8, 4) is 0 Å². The summed E-state index contributed by atoms with van der Waals surface area (Å²) in [7, 11) is -3.87. The molecule has 0 spiro atoms. The van der Waals surface area contributed by atoms with Crippen molar-refractivity contribution in [3.05, 3.63) is 29.8 Å². The monoisotopic (exact) mass is 399 g/mol. The van der Waals surface area contributed by atoms with Crippen molar-refractivity contribution < 1.29 is 26.9 Å². The van der Waals surface area contributed by atoms with Crippen molar-refractivity contribution >= 4 is 16.2 Å². The summed E-state index contributed by atoms with van der Waals surface area (Å²) in [6.07, 6.45) is -0.683. The van der Waals surface area contributed by atoms with Gasteiger partial charge in [-0.3, -0.25) is 4.18 Å². The molecular weight excluding hydrogens is 370 g/mol. The second-order valence-corrected chi connectivity index (χ2v) is 9.43. The lowest BCUT2D eigenvalue weighted by Crippen LogP contribution is -2.41. The summed E-state index contributed by atoms with van der Waals surface area (Å²) < 4.78 is 41.2. The summed E-state index contributed by atoms with van der Waals surface area (Å²) >= 11 is 0. The van der Waals surface area contributed by atoms with Gasteiger partial charge in [0.2, 0.25) is 0 Å². The van der Waals surface area contributed by atoms with Crippen LogP contribution in [-0.2, 0) is 23.8 Å². The van der Waals surface area contributed by atoms with E-state index < -0.39 is 21.8 Å². The first-order valence-corrected chi connectivity index (χ1v) is 10.4. The normalized spacial score (nSPS) is 21.6. The van der Waals surface area contributed by atoms with E-state index in [1.807, 2.05) is 13.8 Å². The van der Waals surface area contributed by atoms with E-state index in [-0.39, 0.29) is 23.5 Å². The van der Waals surface area contributed by atoms with Gasteiger partial charge >= 0.3 is 6.09 Å². The first kappa shape index (κ1) is 21.7. The van der Waals surface area contributed by atoms with Crippen LogP contribution in [0.3, 0.4) is 0 Å². The van der Waals surface area contributed by atoms with E-state index >= 15 is 0 Å². The van der Waals surface area contributed by atoms with Crippen molar-refractivity contribution in [2.75, 3.05) is 26.3 Å². The number of carbonyl (C=O) groups excluding carboxylic acids is 1. The highest BCUT2D eigenvalue weighted by Gasteiger charge is 2.31. The van der Waals surface area contributed by atoms with Crippen LogP contribution in [0.2, 0.25) is 0 Å². The highest BCUT2D eigenvalue weighted by atomic mass is 32.2. The SMILES string of the molecule is Cc1ccc(S(=O)(=O)OCC2CN(C(=O)OC(C)(C)C)CCOC2C)cc1. The molecule has 0 radical (unpaired) electrons. The van der Waals surface area contributed by atoms with Crippen LogP contribution in [0.25, 0.3) is 0 Å². The van der Waals surface area contributed by atoms with Gasteiger partial charge in [-0.25, -0.2) is 4.79 Å². The van der Waals surface area contributed by atoms with Crippen molar-refractivity contribution in [1.29, 1.82) is 0 Å². The Morgan fingerprint density at radius 3 is 2.48 bits per heavy atom. The number of hydrogen-bond donors (Lipinski definition) is 0. The van der Waals surface area contributed by atoms with E-state index in [1.165, 1.54) is 12.1 Å². The molecule has 1 fully saturated rings. The van der Waals surface area contributed by atoms with E-state index in [1.54, 1.807) is 37.8 Å². The number of rotatable bonds is 4. The average molecular weight is 400 g/mol. The number of ether oxygens (including phenoxy) is 2. The van der Waals surface area contributed by atoms with Crippen LogP contribution < -0.4 is 0 Å². The van der Waals surface area contributed by atoms with Crippen molar-refractivity contribution in [1.82, 2.24) is 4.90 Å². The molecule has 2 rings (SSSR count). The zero-order chi connectivity index (χ0) is 20.2. The van der Waals surface area contributed by atoms with E-state index in [9.17, 15) is 13.2 Å². The first-order valence-electron chi connectivity index (χ1n) is 9.03. The minimum atomic E-state index is -3.87. The Balaban J connectivity index is 2.04. The van der Waals surface area contributed by atoms with Crippen LogP contribution in [0, 0.1) is 12.8 Å². The zero-order valence-electron chi connectivity index (χ0n) is 16.6. The molecule has 2 unspecified atom stereocenters. The maximum atomic E-state index is 12.4. The molecule has 8 heteroatoms. The van der Waals surface area contributed by atoms with Crippen LogP contribution in [-0.4, -0.2) is 57.4 Å². The standard InChI is InChI=1S/C19H29NO6S/c1-14-6-8-17(9-7-14)27(22,23)25-13-16-12-20(10-11-24-15(16)2)18(21)26-19(3,4)5/h6-9,15-16H,10-13H2,1-5H3. The Hall–Kier alpha value is -1.64. The lowest BCUT2D eigenvalue weighted by atomic mass is 10.1. The van der Waals surface area contributed by atoms with Gasteiger partial charge in [0.25, 0.3) is 10.1 Å². The van der Waals surface area contributed by atoms with Gasteiger partial charge in [0.1, 0.15) is 5.60 Å². The molecule has 1 aromatic carbocycles. The summed E-state index contributed by atoms with van der Waals surface area (Å²) in [6.45, 7) is 10.1. The second kappa shape index (κ2) is 8.58. The van der Waals surface area contributed by atoms with Gasteiger partial charge in [0.05, 0.1) is 24.2 Å². The highest BCUT2D eigenvalue weighted by Crippen LogP contribution is 2.20. The quantitative estimate of drug-likeness (QED) is 0.724. The van der Waals surface area contributed by atoms with E-state index in [2.05, 4.69) is 0 Å². The number of benzene rings is 1. The molecule has 0 saturated carbocycles. The van der Waals surface area contributed by atoms with E-state index in [0.717, 1.165) is 5.56 Å². The summed E-state index contributed by atoms with van der Waals surface area (Å²) in [6, 6.07) is 6.48. The Kier molecular flexibility index (Phi) is 6.88. The number of aryl methyl sites for hydroxylation is 1. The largest absolute Gasteiger partial charge is 0.444 e. The third-order valence-electron chi connectivity index (χ3n) is 4.26. The summed E-state index contributed by atoms with van der Waals surface area (Å²) in [4.78, 5) is 14.0. The van der Waals surface area contributed by atoms with Crippen LogP contribution in [0.15, 0.2) is 29.2 Å². The Labute approximate surface area is 161 Å². The van der Waals surface area contributed by atoms with E-state index in [4.69, 9.17) is 13.7 Å². The third kappa shape index (κ3) is 6.48. The van der Waals surface area contributed by atoms with Gasteiger partial charge in [-0.2, -0.15) is 8.42 Å². The zero-order valence-corrected chi connectivity index (χ0v) is 17.4. The fraction of sp³-hybridized carbons (Fsp3) is 0.632. The lowest BCUT2D eigenvalue weighted by molar-refractivity contribution is 0.0225. The first-order chi connectivity index (χ1) is 12.5. The maximum Gasteiger partial charge on any atom is 0.410 e. The van der Waals surface area contributed by atoms with Gasteiger partial charge in [-0.1, -0.05) is 17.7 Å². The van der Waals surface area contributed by atoms with Crippen molar-refractivity contribution in [3.63, 3.8) is 0 Å². The topological polar surface area (TPSA) is 82.1 Å². The van der Waals surface area contributed by atoms with Crippen LogP contribution >= 0.6 is 0 Å². The predicted octanol–water partition coefficient (Wildman–Crippen LogP) is 2.97. The highest BCUT2D eigenvalue weighted by molar-refractivity contribution is 7.86. The third-order valence-corrected chi connectivity index (χ3v) is 5.56. The molecule has 1 heterocycles. The maximum absolute atomic E-state index is 12.4. The summed E-state index contributed by atoms with van der Waals surface area (Å²) in [5.74, 6) is -0.291. The Bertz CT molecular complexity index is 738. The number of hydrogen-bond acceptors (Lipinski definition) is 6. The van der Waals surface area contributed by atoms with Crippen molar-refractivity contribution in [2.24, 2.45) is 5.92 Å². The molecule has 7 nitrogen and oxygen atoms in total.